The molecule has 0 unspecified atom stereocenters. The molecule has 0 fully saturated rings. The molecule has 0 aliphatic carbocycles. The normalized spacial score (nSPS) is 11.4. The molecule has 0 spiro atoms. The number of carbonyl (C=O) groups excluding carboxylic acids is 1. The number of amides is 1. The van der Waals surface area contributed by atoms with Gasteiger partial charge in [0.15, 0.2) is 0 Å². The van der Waals surface area contributed by atoms with Crippen LogP contribution in [0.2, 0.25) is 0 Å². The number of nitrogens with one attached hydrogen (secondary N) is 2. The van der Waals surface area contributed by atoms with E-state index in [9.17, 15) is 4.79 Å². The maximum Gasteiger partial charge on any atom is 0.257 e. The summed E-state index contributed by atoms with van der Waals surface area (Å²) in [7, 11) is 1.91. The number of guanidine groups is 1. The van der Waals surface area contributed by atoms with Crippen LogP contribution in [0.4, 0.5) is 5.69 Å². The maximum atomic E-state index is 12.7. The lowest BCUT2D eigenvalue weighted by molar-refractivity contribution is 0.0977. The summed E-state index contributed by atoms with van der Waals surface area (Å²) in [4.78, 5) is 17.4. The fourth-order valence-electron chi connectivity index (χ4n) is 2.95. The molecule has 2 aromatic carbocycles. The molecule has 150 valence electrons. The van der Waals surface area contributed by atoms with E-state index < -0.39 is 0 Å². The summed E-state index contributed by atoms with van der Waals surface area (Å²) in [5.41, 5.74) is 5.48. The number of hydrogen-bond donors (Lipinski definition) is 2. The Balaban J connectivity index is 1.86. The van der Waals surface area contributed by atoms with Crippen molar-refractivity contribution in [2.45, 2.75) is 27.3 Å². The summed E-state index contributed by atoms with van der Waals surface area (Å²) in [6, 6.07) is 15.1. The Morgan fingerprint density at radius 1 is 1.14 bits per heavy atom. The first-order chi connectivity index (χ1) is 13.8. The van der Waals surface area contributed by atoms with Gasteiger partial charge in [-0.15, -0.1) is 0 Å². The summed E-state index contributed by atoms with van der Waals surface area (Å²) in [5, 5.41) is 10.5. The number of aryl methyl sites for hydroxylation is 3. The molecule has 1 amide bonds. The minimum atomic E-state index is -0.211. The van der Waals surface area contributed by atoms with Crippen molar-refractivity contribution in [3.05, 3.63) is 81.1 Å². The highest BCUT2D eigenvalue weighted by atomic mass is 79.9. The smallest absolute Gasteiger partial charge is 0.257 e. The minimum absolute atomic E-state index is 0.211. The van der Waals surface area contributed by atoms with Gasteiger partial charge in [0, 0.05) is 34.0 Å². The summed E-state index contributed by atoms with van der Waals surface area (Å²) >= 11 is 3.43. The molecular formula is C22H24BrN5O. The van der Waals surface area contributed by atoms with Gasteiger partial charge >= 0.3 is 0 Å². The minimum Gasteiger partial charge on any atom is -0.326 e. The van der Waals surface area contributed by atoms with Crippen molar-refractivity contribution in [2.24, 2.45) is 12.0 Å². The molecule has 1 aromatic heterocycles. The summed E-state index contributed by atoms with van der Waals surface area (Å²) in [6.45, 7) is 6.35. The van der Waals surface area contributed by atoms with E-state index in [1.165, 1.54) is 0 Å². The lowest BCUT2D eigenvalue weighted by Gasteiger charge is -2.12. The average molecular weight is 454 g/mol. The van der Waals surface area contributed by atoms with Gasteiger partial charge in [0.25, 0.3) is 5.91 Å². The van der Waals surface area contributed by atoms with Crippen molar-refractivity contribution in [3.8, 4) is 0 Å². The second-order valence-electron chi connectivity index (χ2n) is 6.89. The average Bonchev–Trinajstić information content (AvgIpc) is 2.93. The fraction of sp³-hybridized carbons (Fsp3) is 0.227. The molecule has 6 nitrogen and oxygen atoms in total. The van der Waals surface area contributed by atoms with Crippen molar-refractivity contribution in [1.29, 1.82) is 0 Å². The van der Waals surface area contributed by atoms with Crippen molar-refractivity contribution in [3.63, 3.8) is 0 Å². The zero-order valence-corrected chi connectivity index (χ0v) is 18.5. The Hall–Kier alpha value is -2.93. The van der Waals surface area contributed by atoms with Crippen molar-refractivity contribution < 1.29 is 4.79 Å². The van der Waals surface area contributed by atoms with Gasteiger partial charge in [0.05, 0.1) is 12.2 Å². The second-order valence-corrected chi connectivity index (χ2v) is 7.81. The molecule has 0 atom stereocenters. The first-order valence-electron chi connectivity index (χ1n) is 9.27. The number of aliphatic imine (C=N–C) groups is 1. The third-order valence-corrected chi connectivity index (χ3v) is 5.20. The molecule has 7 heteroatoms. The molecule has 3 aromatic rings. The highest BCUT2D eigenvalue weighted by Crippen LogP contribution is 2.16. The second kappa shape index (κ2) is 9.05. The van der Waals surface area contributed by atoms with Gasteiger partial charge in [-0.25, -0.2) is 4.99 Å². The van der Waals surface area contributed by atoms with Crippen LogP contribution in [0.15, 0.2) is 58.0 Å². The van der Waals surface area contributed by atoms with Gasteiger partial charge in [0.2, 0.25) is 5.96 Å². The fourth-order valence-corrected chi connectivity index (χ4v) is 3.22. The predicted molar refractivity (Wildman–Crippen MR) is 120 cm³/mol. The van der Waals surface area contributed by atoms with E-state index in [1.807, 2.05) is 75.0 Å². The monoisotopic (exact) mass is 453 g/mol. The van der Waals surface area contributed by atoms with E-state index in [4.69, 9.17) is 0 Å². The topological polar surface area (TPSA) is 71.3 Å². The molecule has 0 radical (unpaired) electrons. The van der Waals surface area contributed by atoms with Crippen molar-refractivity contribution in [2.75, 3.05) is 5.32 Å². The van der Waals surface area contributed by atoms with Gasteiger partial charge in [-0.3, -0.25) is 14.8 Å². The molecule has 0 bridgehead atoms. The number of anilines is 1. The van der Waals surface area contributed by atoms with Gasteiger partial charge in [-0.2, -0.15) is 5.10 Å². The van der Waals surface area contributed by atoms with Crippen LogP contribution in [0.5, 0.6) is 0 Å². The number of aromatic nitrogens is 2. The standard InChI is InChI=1S/C22H24BrN5O/c1-14-6-5-7-17(12-14)21(29)26-22(25-19-10-8-18(23)9-11-19)24-13-20-15(2)27-28(4)16(20)3/h5-12H,13H2,1-4H3,(H2,24,25,26,29). The Morgan fingerprint density at radius 3 is 2.48 bits per heavy atom. The molecule has 0 saturated carbocycles. The molecule has 0 aliphatic rings. The van der Waals surface area contributed by atoms with Crippen LogP contribution in [0, 0.1) is 20.8 Å². The predicted octanol–water partition coefficient (Wildman–Crippen LogP) is 4.51. The van der Waals surface area contributed by atoms with Crippen LogP contribution in [0.1, 0.15) is 32.9 Å². The number of rotatable bonds is 4. The Labute approximate surface area is 179 Å². The number of benzene rings is 2. The zero-order valence-electron chi connectivity index (χ0n) is 17.0. The van der Waals surface area contributed by atoms with E-state index in [0.29, 0.717) is 18.1 Å². The van der Waals surface area contributed by atoms with Crippen LogP contribution in [0.25, 0.3) is 0 Å². The molecule has 0 saturated heterocycles. The van der Waals surface area contributed by atoms with Gasteiger partial charge in [-0.05, 0) is 57.2 Å². The number of hydrogen-bond acceptors (Lipinski definition) is 3. The van der Waals surface area contributed by atoms with E-state index in [2.05, 4.69) is 36.7 Å². The van der Waals surface area contributed by atoms with E-state index in [1.54, 1.807) is 6.07 Å². The summed E-state index contributed by atoms with van der Waals surface area (Å²) in [6.07, 6.45) is 0. The first kappa shape index (κ1) is 20.8. The Morgan fingerprint density at radius 2 is 1.86 bits per heavy atom. The summed E-state index contributed by atoms with van der Waals surface area (Å²) < 4.78 is 2.82. The SMILES string of the molecule is Cc1cccc(C(=O)NC(=NCc2c(C)nn(C)c2C)Nc2ccc(Br)cc2)c1. The largest absolute Gasteiger partial charge is 0.326 e. The Kier molecular flexibility index (Phi) is 6.49. The maximum absolute atomic E-state index is 12.7. The number of carbonyl (C=O) groups is 1. The lowest BCUT2D eigenvalue weighted by atomic mass is 10.1. The van der Waals surface area contributed by atoms with Crippen LogP contribution in [-0.4, -0.2) is 21.6 Å². The quantitative estimate of drug-likeness (QED) is 0.450. The van der Waals surface area contributed by atoms with Crippen LogP contribution in [0.3, 0.4) is 0 Å². The zero-order chi connectivity index (χ0) is 21.0. The first-order valence-corrected chi connectivity index (χ1v) is 10.1. The van der Waals surface area contributed by atoms with Gasteiger partial charge in [0.1, 0.15) is 0 Å². The molecular weight excluding hydrogens is 430 g/mol. The van der Waals surface area contributed by atoms with Gasteiger partial charge in [-0.1, -0.05) is 33.6 Å². The summed E-state index contributed by atoms with van der Waals surface area (Å²) in [5.74, 6) is 0.179. The molecule has 2 N–H and O–H groups in total. The molecule has 29 heavy (non-hydrogen) atoms. The van der Waals surface area contributed by atoms with Gasteiger partial charge < -0.3 is 5.32 Å². The third kappa shape index (κ3) is 5.32. The third-order valence-electron chi connectivity index (χ3n) is 4.67. The number of halogens is 1. The van der Waals surface area contributed by atoms with Crippen LogP contribution >= 0.6 is 15.9 Å². The molecule has 3 rings (SSSR count). The van der Waals surface area contributed by atoms with Crippen molar-refractivity contribution >= 4 is 33.5 Å². The highest BCUT2D eigenvalue weighted by molar-refractivity contribution is 9.10. The van der Waals surface area contributed by atoms with Crippen LogP contribution in [-0.2, 0) is 13.6 Å². The lowest BCUT2D eigenvalue weighted by Crippen LogP contribution is -2.36. The number of nitrogens with zero attached hydrogens (tertiary/aromatic N) is 3. The molecule has 1 heterocycles. The van der Waals surface area contributed by atoms with Crippen LogP contribution < -0.4 is 10.6 Å². The Bertz CT molecular complexity index is 1050. The van der Waals surface area contributed by atoms with E-state index in [-0.39, 0.29) is 5.91 Å². The van der Waals surface area contributed by atoms with E-state index >= 15 is 0 Å². The van der Waals surface area contributed by atoms with E-state index in [0.717, 1.165) is 32.7 Å². The van der Waals surface area contributed by atoms with Crippen molar-refractivity contribution in [1.82, 2.24) is 15.1 Å². The highest BCUT2D eigenvalue weighted by Gasteiger charge is 2.12. The molecule has 0 aliphatic heterocycles.